The highest BCUT2D eigenvalue weighted by Crippen LogP contribution is 2.25. The van der Waals surface area contributed by atoms with Crippen molar-refractivity contribution in [1.82, 2.24) is 0 Å². The molecule has 0 bridgehead atoms. The Labute approximate surface area is 244 Å². The number of rotatable bonds is 11. The maximum atomic E-state index is 12.7. The van der Waals surface area contributed by atoms with Crippen LogP contribution in [0.3, 0.4) is 0 Å². The lowest BCUT2D eigenvalue weighted by molar-refractivity contribution is -0.145. The van der Waals surface area contributed by atoms with Crippen LogP contribution in [-0.2, 0) is 25.7 Å². The number of esters is 3. The summed E-state index contributed by atoms with van der Waals surface area (Å²) in [5.74, 6) is -0.403. The van der Waals surface area contributed by atoms with Gasteiger partial charge in [-0.25, -0.2) is 14.4 Å². The van der Waals surface area contributed by atoms with Gasteiger partial charge in [0.05, 0.1) is 5.56 Å². The van der Waals surface area contributed by atoms with E-state index in [1.807, 2.05) is 60.7 Å². The molecule has 0 atom stereocenters. The molecule has 4 rings (SSSR count). The molecule has 0 N–H and O–H groups in total. The Balaban J connectivity index is 1.30. The van der Waals surface area contributed by atoms with Gasteiger partial charge in [-0.1, -0.05) is 73.8 Å². The van der Waals surface area contributed by atoms with Gasteiger partial charge in [0, 0.05) is 11.1 Å². The molecule has 0 amide bonds. The summed E-state index contributed by atoms with van der Waals surface area (Å²) in [7, 11) is 0. The van der Waals surface area contributed by atoms with Crippen LogP contribution in [0.25, 0.3) is 22.3 Å². The first-order valence-corrected chi connectivity index (χ1v) is 13.1. The Bertz CT molecular complexity index is 1580. The monoisotopic (exact) mass is 562 g/mol. The zero-order valence-corrected chi connectivity index (χ0v) is 23.4. The number of hydrogen-bond donors (Lipinski definition) is 0. The Morgan fingerprint density at radius 2 is 1.00 bits per heavy atom. The number of hydrogen-bond acceptors (Lipinski definition) is 7. The average Bonchev–Trinajstić information content (AvgIpc) is 3.00. The van der Waals surface area contributed by atoms with Gasteiger partial charge in [-0.3, -0.25) is 0 Å². The van der Waals surface area contributed by atoms with Crippen LogP contribution in [0.4, 0.5) is 0 Å². The second-order valence-electron chi connectivity index (χ2n) is 9.54. The summed E-state index contributed by atoms with van der Waals surface area (Å²) in [6, 6.07) is 29.3. The van der Waals surface area contributed by atoms with Crippen molar-refractivity contribution in [3.63, 3.8) is 0 Å². The molecule has 0 aromatic heterocycles. The van der Waals surface area contributed by atoms with E-state index in [-0.39, 0.29) is 13.4 Å². The van der Waals surface area contributed by atoms with E-state index in [1.165, 1.54) is 0 Å². The molecule has 0 aliphatic heterocycles. The Morgan fingerprint density at radius 1 is 0.571 bits per heavy atom. The van der Waals surface area contributed by atoms with E-state index in [2.05, 4.69) is 13.2 Å². The maximum absolute atomic E-state index is 12.7. The minimum atomic E-state index is -0.508. The maximum Gasteiger partial charge on any atom is 0.343 e. The molecule has 0 unspecified atom stereocenters. The highest BCUT2D eigenvalue weighted by Gasteiger charge is 2.10. The average molecular weight is 563 g/mol. The molecule has 0 radical (unpaired) electrons. The van der Waals surface area contributed by atoms with Gasteiger partial charge in [0.2, 0.25) is 6.79 Å². The van der Waals surface area contributed by atoms with Crippen molar-refractivity contribution in [1.29, 1.82) is 0 Å². The van der Waals surface area contributed by atoms with E-state index in [1.54, 1.807) is 50.2 Å². The number of carbonyl (C=O) groups is 3. The molecule has 0 aliphatic carbocycles. The van der Waals surface area contributed by atoms with Gasteiger partial charge in [0.15, 0.2) is 0 Å². The number of ether oxygens (including phenoxy) is 4. The fraction of sp³-hybridized carbons (Fsp3) is 0.114. The van der Waals surface area contributed by atoms with Crippen LogP contribution in [-0.4, -0.2) is 24.7 Å². The van der Waals surface area contributed by atoms with Crippen LogP contribution in [0, 0.1) is 0 Å². The molecule has 0 aliphatic rings. The van der Waals surface area contributed by atoms with E-state index in [4.69, 9.17) is 18.9 Å². The lowest BCUT2D eigenvalue weighted by Crippen LogP contribution is -2.10. The second-order valence-corrected chi connectivity index (χ2v) is 9.54. The van der Waals surface area contributed by atoms with Crippen LogP contribution < -0.4 is 9.47 Å². The van der Waals surface area contributed by atoms with Gasteiger partial charge in [0.25, 0.3) is 0 Å². The predicted octanol–water partition coefficient (Wildman–Crippen LogP) is 7.31. The van der Waals surface area contributed by atoms with E-state index >= 15 is 0 Å². The summed E-state index contributed by atoms with van der Waals surface area (Å²) in [4.78, 5) is 35.7. The van der Waals surface area contributed by atoms with Crippen molar-refractivity contribution in [2.24, 2.45) is 0 Å². The Hall–Kier alpha value is -5.43. The fourth-order valence-electron chi connectivity index (χ4n) is 3.76. The molecule has 0 spiro atoms. The van der Waals surface area contributed by atoms with Crippen molar-refractivity contribution in [3.05, 3.63) is 132 Å². The summed E-state index contributed by atoms with van der Waals surface area (Å²) >= 11 is 0. The Kier molecular flexibility index (Phi) is 9.69. The first kappa shape index (κ1) is 29.6. The quantitative estimate of drug-likeness (QED) is 0.0819. The van der Waals surface area contributed by atoms with Crippen LogP contribution in [0.2, 0.25) is 0 Å². The SMILES string of the molecule is C=C(C)C(=O)OCOc1ccc(-c2ccc(C(=O)Oc3ccc(-c4ccc(COC(=O)C(=C)C)cc4)cc3)cc2)cc1. The molecule has 42 heavy (non-hydrogen) atoms. The normalized spacial score (nSPS) is 10.3. The third-order valence-electron chi connectivity index (χ3n) is 6.14. The zero-order chi connectivity index (χ0) is 30.1. The first-order valence-electron chi connectivity index (χ1n) is 13.1. The molecule has 0 fully saturated rings. The van der Waals surface area contributed by atoms with Gasteiger partial charge >= 0.3 is 17.9 Å². The molecule has 4 aromatic rings. The molecule has 4 aromatic carbocycles. The Morgan fingerprint density at radius 3 is 1.50 bits per heavy atom. The largest absolute Gasteiger partial charge is 0.457 e. The van der Waals surface area contributed by atoms with Crippen molar-refractivity contribution in [2.75, 3.05) is 6.79 Å². The topological polar surface area (TPSA) is 88.1 Å². The molecule has 0 heterocycles. The lowest BCUT2D eigenvalue weighted by Gasteiger charge is -2.09. The van der Waals surface area contributed by atoms with Crippen molar-refractivity contribution in [2.45, 2.75) is 20.5 Å². The fourth-order valence-corrected chi connectivity index (χ4v) is 3.76. The highest BCUT2D eigenvalue weighted by molar-refractivity contribution is 5.92. The number of benzene rings is 4. The van der Waals surface area contributed by atoms with Gasteiger partial charge in [-0.15, -0.1) is 0 Å². The molecule has 7 nitrogen and oxygen atoms in total. The molecule has 0 saturated carbocycles. The first-order chi connectivity index (χ1) is 20.2. The van der Waals surface area contributed by atoms with Crippen molar-refractivity contribution < 1.29 is 33.3 Å². The molecular formula is C35H30O7. The third kappa shape index (κ3) is 8.05. The van der Waals surface area contributed by atoms with Gasteiger partial charge in [-0.2, -0.15) is 0 Å². The van der Waals surface area contributed by atoms with Gasteiger partial charge in [-0.05, 0) is 78.1 Å². The lowest BCUT2D eigenvalue weighted by atomic mass is 10.0. The smallest absolute Gasteiger partial charge is 0.343 e. The molecule has 0 saturated heterocycles. The minimum Gasteiger partial charge on any atom is -0.457 e. The zero-order valence-electron chi connectivity index (χ0n) is 23.4. The third-order valence-corrected chi connectivity index (χ3v) is 6.14. The second kappa shape index (κ2) is 13.8. The van der Waals surface area contributed by atoms with Crippen molar-refractivity contribution in [3.8, 4) is 33.8 Å². The minimum absolute atomic E-state index is 0.180. The number of carbonyl (C=O) groups excluding carboxylic acids is 3. The predicted molar refractivity (Wildman–Crippen MR) is 160 cm³/mol. The standard InChI is InChI=1S/C35H30O7/c1-23(2)33(36)39-21-25-5-7-26(8-6-25)29-15-19-32(20-16-29)42-35(38)30-11-9-27(10-12-30)28-13-17-31(18-14-28)40-22-41-34(37)24(3)4/h5-20H,1,3,21-22H2,2,4H3. The van der Waals surface area contributed by atoms with E-state index in [0.29, 0.717) is 28.2 Å². The van der Waals surface area contributed by atoms with Gasteiger partial charge < -0.3 is 18.9 Å². The molecular weight excluding hydrogens is 532 g/mol. The molecule has 7 heteroatoms. The van der Waals surface area contributed by atoms with E-state index < -0.39 is 17.9 Å². The van der Waals surface area contributed by atoms with Crippen LogP contribution in [0.1, 0.15) is 29.8 Å². The van der Waals surface area contributed by atoms with Crippen LogP contribution in [0.5, 0.6) is 11.5 Å². The summed E-state index contributed by atoms with van der Waals surface area (Å²) < 4.78 is 21.1. The van der Waals surface area contributed by atoms with E-state index in [0.717, 1.165) is 27.8 Å². The summed E-state index contributed by atoms with van der Waals surface area (Å²) in [5, 5.41) is 0. The summed E-state index contributed by atoms with van der Waals surface area (Å²) in [6.45, 7) is 10.2. The summed E-state index contributed by atoms with van der Waals surface area (Å²) in [6.07, 6.45) is 0. The summed E-state index contributed by atoms with van der Waals surface area (Å²) in [5.41, 5.74) is 5.73. The van der Waals surface area contributed by atoms with Crippen molar-refractivity contribution >= 4 is 17.9 Å². The van der Waals surface area contributed by atoms with Crippen LogP contribution in [0.15, 0.2) is 121 Å². The van der Waals surface area contributed by atoms with Crippen LogP contribution >= 0.6 is 0 Å². The highest BCUT2D eigenvalue weighted by atomic mass is 16.7. The molecule has 212 valence electrons. The van der Waals surface area contributed by atoms with E-state index in [9.17, 15) is 14.4 Å². The van der Waals surface area contributed by atoms with Gasteiger partial charge in [0.1, 0.15) is 18.1 Å².